The summed E-state index contributed by atoms with van der Waals surface area (Å²) in [6.45, 7) is 0. The maximum Gasteiger partial charge on any atom is 0.246 e. The predicted octanol–water partition coefficient (Wildman–Crippen LogP) is 2.91. The number of carbonyl (C=O) groups is 1. The second-order valence-corrected chi connectivity index (χ2v) is 5.18. The summed E-state index contributed by atoms with van der Waals surface area (Å²) in [6, 6.07) is 9.54. The Kier molecular flexibility index (Phi) is 4.17. The van der Waals surface area contributed by atoms with Gasteiger partial charge < -0.3 is 11.1 Å². The molecular formula is C13H10ClN3OS. The highest BCUT2D eigenvalue weighted by atomic mass is 35.5. The standard InChI is InChI=1S/C13H10ClN3OS/c14-9-6-8(7-15)3-4-10(9)17-13(18)12(16)11-2-1-5-19-11/h1-6,12H,16H2,(H,17,18). The Hall–Kier alpha value is -1.87. The molecule has 0 spiro atoms. The second kappa shape index (κ2) is 5.85. The van der Waals surface area contributed by atoms with E-state index in [0.29, 0.717) is 16.3 Å². The molecule has 0 aliphatic heterocycles. The molecule has 1 atom stereocenters. The third-order valence-corrected chi connectivity index (χ3v) is 3.76. The summed E-state index contributed by atoms with van der Waals surface area (Å²) in [4.78, 5) is 12.7. The van der Waals surface area contributed by atoms with Gasteiger partial charge in [-0.05, 0) is 29.6 Å². The summed E-state index contributed by atoms with van der Waals surface area (Å²) in [5, 5.41) is 13.6. The Morgan fingerprint density at radius 1 is 1.47 bits per heavy atom. The van der Waals surface area contributed by atoms with Crippen LogP contribution in [-0.2, 0) is 4.79 Å². The lowest BCUT2D eigenvalue weighted by atomic mass is 10.2. The van der Waals surface area contributed by atoms with Crippen molar-refractivity contribution >= 4 is 34.5 Å². The van der Waals surface area contributed by atoms with Crippen molar-refractivity contribution in [3.8, 4) is 6.07 Å². The minimum atomic E-state index is -0.730. The molecule has 2 aromatic rings. The number of carbonyl (C=O) groups excluding carboxylic acids is 1. The lowest BCUT2D eigenvalue weighted by Crippen LogP contribution is -2.27. The van der Waals surface area contributed by atoms with E-state index in [2.05, 4.69) is 5.32 Å². The van der Waals surface area contributed by atoms with Gasteiger partial charge in [-0.2, -0.15) is 5.26 Å². The zero-order chi connectivity index (χ0) is 13.8. The summed E-state index contributed by atoms with van der Waals surface area (Å²) in [5.41, 5.74) is 6.72. The average Bonchev–Trinajstić information content (AvgIpc) is 2.94. The monoisotopic (exact) mass is 291 g/mol. The zero-order valence-corrected chi connectivity index (χ0v) is 11.3. The van der Waals surface area contributed by atoms with E-state index in [1.165, 1.54) is 17.4 Å². The van der Waals surface area contributed by atoms with Crippen LogP contribution in [0.2, 0.25) is 5.02 Å². The van der Waals surface area contributed by atoms with Crippen LogP contribution < -0.4 is 11.1 Å². The number of anilines is 1. The van der Waals surface area contributed by atoms with Crippen LogP contribution in [0.15, 0.2) is 35.7 Å². The fourth-order valence-corrected chi connectivity index (χ4v) is 2.45. The fourth-order valence-electron chi connectivity index (χ4n) is 1.49. The number of halogens is 1. The third-order valence-electron chi connectivity index (χ3n) is 2.49. The van der Waals surface area contributed by atoms with Crippen molar-refractivity contribution in [2.24, 2.45) is 5.73 Å². The summed E-state index contributed by atoms with van der Waals surface area (Å²) in [6.07, 6.45) is 0. The number of amides is 1. The van der Waals surface area contributed by atoms with Crippen LogP contribution in [0, 0.1) is 11.3 Å². The van der Waals surface area contributed by atoms with Crippen LogP contribution in [0.25, 0.3) is 0 Å². The van der Waals surface area contributed by atoms with Crippen LogP contribution in [0.4, 0.5) is 5.69 Å². The van der Waals surface area contributed by atoms with E-state index in [1.807, 2.05) is 17.5 Å². The Bertz CT molecular complexity index is 634. The van der Waals surface area contributed by atoms with Crippen molar-refractivity contribution in [1.29, 1.82) is 5.26 Å². The summed E-state index contributed by atoms with van der Waals surface area (Å²) in [7, 11) is 0. The van der Waals surface area contributed by atoms with Crippen LogP contribution in [0.1, 0.15) is 16.5 Å². The van der Waals surface area contributed by atoms with E-state index in [1.54, 1.807) is 18.2 Å². The predicted molar refractivity (Wildman–Crippen MR) is 76.0 cm³/mol. The Morgan fingerprint density at radius 2 is 2.26 bits per heavy atom. The van der Waals surface area contributed by atoms with E-state index >= 15 is 0 Å². The van der Waals surface area contributed by atoms with Crippen LogP contribution in [-0.4, -0.2) is 5.91 Å². The third kappa shape index (κ3) is 3.12. The Labute approximate surface area is 119 Å². The smallest absolute Gasteiger partial charge is 0.246 e. The second-order valence-electron chi connectivity index (χ2n) is 3.79. The number of hydrogen-bond donors (Lipinski definition) is 2. The van der Waals surface area contributed by atoms with E-state index < -0.39 is 6.04 Å². The molecule has 2 rings (SSSR count). The molecule has 6 heteroatoms. The number of hydrogen-bond acceptors (Lipinski definition) is 4. The van der Waals surface area contributed by atoms with Crippen molar-refractivity contribution in [2.45, 2.75) is 6.04 Å². The number of benzene rings is 1. The van der Waals surface area contributed by atoms with Crippen molar-refractivity contribution in [2.75, 3.05) is 5.32 Å². The number of nitrogens with zero attached hydrogens (tertiary/aromatic N) is 1. The maximum absolute atomic E-state index is 12.0. The van der Waals surface area contributed by atoms with Gasteiger partial charge in [0.2, 0.25) is 5.91 Å². The molecule has 3 N–H and O–H groups in total. The summed E-state index contributed by atoms with van der Waals surface area (Å²) >= 11 is 7.40. The first kappa shape index (κ1) is 13.6. The molecule has 1 aromatic carbocycles. The molecule has 0 radical (unpaired) electrons. The minimum Gasteiger partial charge on any atom is -0.323 e. The SMILES string of the molecule is N#Cc1ccc(NC(=O)C(N)c2cccs2)c(Cl)c1. The van der Waals surface area contributed by atoms with E-state index in [0.717, 1.165) is 4.88 Å². The zero-order valence-electron chi connectivity index (χ0n) is 9.76. The van der Waals surface area contributed by atoms with Gasteiger partial charge in [-0.1, -0.05) is 17.7 Å². The number of rotatable bonds is 3. The number of nitrogens with one attached hydrogen (secondary N) is 1. The van der Waals surface area contributed by atoms with Crippen molar-refractivity contribution in [3.63, 3.8) is 0 Å². The normalized spacial score (nSPS) is 11.6. The molecule has 1 heterocycles. The first-order valence-electron chi connectivity index (χ1n) is 5.41. The maximum atomic E-state index is 12.0. The molecule has 0 aliphatic carbocycles. The molecule has 0 bridgehead atoms. The number of thiophene rings is 1. The molecule has 1 unspecified atom stereocenters. The lowest BCUT2D eigenvalue weighted by Gasteiger charge is -2.11. The van der Waals surface area contributed by atoms with Crippen LogP contribution >= 0.6 is 22.9 Å². The lowest BCUT2D eigenvalue weighted by molar-refractivity contribution is -0.117. The van der Waals surface area contributed by atoms with E-state index in [9.17, 15) is 4.79 Å². The number of nitriles is 1. The van der Waals surface area contributed by atoms with Gasteiger partial charge in [0.1, 0.15) is 6.04 Å². The van der Waals surface area contributed by atoms with Gasteiger partial charge in [0, 0.05) is 4.88 Å². The van der Waals surface area contributed by atoms with E-state index in [4.69, 9.17) is 22.6 Å². The first-order chi connectivity index (χ1) is 9.11. The minimum absolute atomic E-state index is 0.311. The highest BCUT2D eigenvalue weighted by molar-refractivity contribution is 7.10. The molecule has 19 heavy (non-hydrogen) atoms. The largest absolute Gasteiger partial charge is 0.323 e. The van der Waals surface area contributed by atoms with Crippen molar-refractivity contribution < 1.29 is 4.79 Å². The summed E-state index contributed by atoms with van der Waals surface area (Å²) < 4.78 is 0. The quantitative estimate of drug-likeness (QED) is 0.912. The average molecular weight is 292 g/mol. The van der Waals surface area contributed by atoms with Crippen LogP contribution in [0.5, 0.6) is 0 Å². The molecule has 0 fully saturated rings. The van der Waals surface area contributed by atoms with Gasteiger partial charge >= 0.3 is 0 Å². The van der Waals surface area contributed by atoms with Gasteiger partial charge in [0.05, 0.1) is 22.3 Å². The van der Waals surface area contributed by atoms with Crippen LogP contribution in [0.3, 0.4) is 0 Å². The van der Waals surface area contributed by atoms with Crippen molar-refractivity contribution in [3.05, 3.63) is 51.2 Å². The molecular weight excluding hydrogens is 282 g/mol. The molecule has 96 valence electrons. The molecule has 1 amide bonds. The number of nitrogens with two attached hydrogens (primary N) is 1. The fraction of sp³-hybridized carbons (Fsp3) is 0.0769. The molecule has 0 saturated carbocycles. The molecule has 0 saturated heterocycles. The van der Waals surface area contributed by atoms with Gasteiger partial charge in [-0.15, -0.1) is 11.3 Å². The highest BCUT2D eigenvalue weighted by Gasteiger charge is 2.17. The topological polar surface area (TPSA) is 78.9 Å². The van der Waals surface area contributed by atoms with Gasteiger partial charge in [0.15, 0.2) is 0 Å². The van der Waals surface area contributed by atoms with Gasteiger partial charge in [-0.3, -0.25) is 4.79 Å². The van der Waals surface area contributed by atoms with Gasteiger partial charge in [-0.25, -0.2) is 0 Å². The summed E-state index contributed by atoms with van der Waals surface area (Å²) in [5.74, 6) is -0.339. The highest BCUT2D eigenvalue weighted by Crippen LogP contribution is 2.24. The first-order valence-corrected chi connectivity index (χ1v) is 6.67. The molecule has 4 nitrogen and oxygen atoms in total. The Balaban J connectivity index is 2.13. The van der Waals surface area contributed by atoms with Gasteiger partial charge in [0.25, 0.3) is 0 Å². The molecule has 1 aromatic heterocycles. The van der Waals surface area contributed by atoms with E-state index in [-0.39, 0.29) is 5.91 Å². The Morgan fingerprint density at radius 3 is 2.84 bits per heavy atom. The van der Waals surface area contributed by atoms with Crippen molar-refractivity contribution in [1.82, 2.24) is 0 Å². The molecule has 0 aliphatic rings.